The molecule has 0 amide bonds. The topological polar surface area (TPSA) is 9.23 Å². The van der Waals surface area contributed by atoms with Crippen molar-refractivity contribution in [2.75, 3.05) is 6.61 Å². The number of fused-ring (bicyclic) bond motifs is 3. The quantitative estimate of drug-likeness (QED) is 0.502. The van der Waals surface area contributed by atoms with Crippen LogP contribution in [-0.2, 0) is 4.43 Å². The van der Waals surface area contributed by atoms with Gasteiger partial charge in [-0.25, -0.2) is 0 Å². The maximum absolute atomic E-state index is 6.23. The molecule has 3 heteroatoms. The monoisotopic (exact) mass is 442 g/mol. The standard InChI is InChI=1S/C29H26OSi.Na.H/c31-30-19-29(26-16-13-20-7-1-4-10-23(20)26,27-17-14-21-8-2-5-11-24(21)27)28-18-15-22-9-3-6-12-25(22)28;;/h1-18,26-28H,19H2,31H3;;. The van der Waals surface area contributed by atoms with Crippen molar-refractivity contribution >= 4 is 58.3 Å². The van der Waals surface area contributed by atoms with Crippen molar-refractivity contribution in [1.29, 1.82) is 0 Å². The first-order valence-corrected chi connectivity index (χ1v) is 11.9. The smallest absolute Gasteiger partial charge is 0.145 e. The molecule has 0 radical (unpaired) electrons. The average molecular weight is 443 g/mol. The molecule has 1 nitrogen and oxygen atoms in total. The van der Waals surface area contributed by atoms with E-state index in [0.717, 1.165) is 17.1 Å². The van der Waals surface area contributed by atoms with Gasteiger partial charge in [-0.1, -0.05) is 109 Å². The van der Waals surface area contributed by atoms with Crippen LogP contribution in [0.5, 0.6) is 0 Å². The fraction of sp³-hybridized carbons (Fsp3) is 0.172. The molecule has 32 heavy (non-hydrogen) atoms. The van der Waals surface area contributed by atoms with Crippen molar-refractivity contribution in [2.45, 2.75) is 17.8 Å². The molecule has 154 valence electrons. The first kappa shape index (κ1) is 21.9. The van der Waals surface area contributed by atoms with Crippen LogP contribution >= 0.6 is 0 Å². The summed E-state index contributed by atoms with van der Waals surface area (Å²) in [7, 11) is 0.731. The number of allylic oxidation sites excluding steroid dienone is 3. The van der Waals surface area contributed by atoms with Gasteiger partial charge in [-0.2, -0.15) is 0 Å². The van der Waals surface area contributed by atoms with Gasteiger partial charge >= 0.3 is 29.6 Å². The van der Waals surface area contributed by atoms with E-state index in [1.54, 1.807) is 0 Å². The molecule has 0 spiro atoms. The first-order valence-electron chi connectivity index (χ1n) is 11.1. The summed E-state index contributed by atoms with van der Waals surface area (Å²) >= 11 is 0. The van der Waals surface area contributed by atoms with Crippen LogP contribution in [0.3, 0.4) is 0 Å². The van der Waals surface area contributed by atoms with Crippen molar-refractivity contribution in [1.82, 2.24) is 0 Å². The number of hydrogen-bond acceptors (Lipinski definition) is 1. The molecule has 0 saturated heterocycles. The zero-order valence-corrected chi connectivity index (χ0v) is 19.7. The van der Waals surface area contributed by atoms with E-state index in [4.69, 9.17) is 4.43 Å². The Morgan fingerprint density at radius 3 is 1.28 bits per heavy atom. The molecule has 0 saturated carbocycles. The molecule has 3 aliphatic rings. The molecule has 3 aromatic rings. The van der Waals surface area contributed by atoms with Crippen LogP contribution in [0.1, 0.15) is 51.1 Å². The summed E-state index contributed by atoms with van der Waals surface area (Å²) in [6.45, 7) is 0.745. The Labute approximate surface area is 215 Å². The molecule has 3 unspecified atom stereocenters. The van der Waals surface area contributed by atoms with E-state index >= 15 is 0 Å². The molecule has 3 atom stereocenters. The van der Waals surface area contributed by atoms with Crippen molar-refractivity contribution in [3.8, 4) is 0 Å². The Hall–Kier alpha value is -1.94. The molecule has 0 heterocycles. The van der Waals surface area contributed by atoms with Crippen LogP contribution in [-0.4, -0.2) is 46.7 Å². The van der Waals surface area contributed by atoms with Gasteiger partial charge in [-0.15, -0.1) is 0 Å². The van der Waals surface area contributed by atoms with E-state index in [9.17, 15) is 0 Å². The average Bonchev–Trinajstić information content (AvgIpc) is 3.54. The second kappa shape index (κ2) is 8.77. The van der Waals surface area contributed by atoms with Crippen molar-refractivity contribution in [3.05, 3.63) is 124 Å². The van der Waals surface area contributed by atoms with Crippen molar-refractivity contribution in [2.24, 2.45) is 5.41 Å². The zero-order valence-electron chi connectivity index (χ0n) is 17.7. The van der Waals surface area contributed by atoms with Crippen LogP contribution in [0.15, 0.2) is 91.0 Å². The number of rotatable bonds is 5. The summed E-state index contributed by atoms with van der Waals surface area (Å²) in [5.74, 6) is 0.873. The number of hydrogen-bond donors (Lipinski definition) is 0. The van der Waals surface area contributed by atoms with Gasteiger partial charge < -0.3 is 4.43 Å². The van der Waals surface area contributed by atoms with E-state index in [0.29, 0.717) is 17.8 Å². The van der Waals surface area contributed by atoms with E-state index in [-0.39, 0.29) is 35.0 Å². The van der Waals surface area contributed by atoms with Gasteiger partial charge in [-0.05, 0) is 33.4 Å². The molecule has 3 aliphatic carbocycles. The van der Waals surface area contributed by atoms with E-state index in [1.807, 2.05) is 0 Å². The van der Waals surface area contributed by atoms with Gasteiger partial charge in [-0.3, -0.25) is 0 Å². The summed E-state index contributed by atoms with van der Waals surface area (Å²) in [4.78, 5) is 0. The third-order valence-corrected chi connectivity index (χ3v) is 7.82. The molecule has 6 rings (SSSR count). The summed E-state index contributed by atoms with van der Waals surface area (Å²) < 4.78 is 6.23. The predicted molar refractivity (Wildman–Crippen MR) is 140 cm³/mol. The third-order valence-electron chi connectivity index (χ3n) is 7.53. The van der Waals surface area contributed by atoms with Gasteiger partial charge in [0.1, 0.15) is 10.5 Å². The minimum Gasteiger partial charge on any atom is -0.427 e. The molecular weight excluding hydrogens is 415 g/mol. The van der Waals surface area contributed by atoms with Crippen LogP contribution in [0.4, 0.5) is 0 Å². The first-order chi connectivity index (χ1) is 15.3. The van der Waals surface area contributed by atoms with E-state index in [2.05, 4.69) is 109 Å². The van der Waals surface area contributed by atoms with Gasteiger partial charge in [0.05, 0.1) is 0 Å². The Bertz CT molecular complexity index is 1090. The summed E-state index contributed by atoms with van der Waals surface area (Å²) in [6, 6.07) is 26.7. The second-order valence-electron chi connectivity index (χ2n) is 8.94. The van der Waals surface area contributed by atoms with Gasteiger partial charge in [0.25, 0.3) is 0 Å². The van der Waals surface area contributed by atoms with Crippen molar-refractivity contribution < 1.29 is 4.43 Å². The van der Waals surface area contributed by atoms with Crippen LogP contribution in [0.25, 0.3) is 18.2 Å². The minimum absolute atomic E-state index is 0. The Morgan fingerprint density at radius 2 is 0.938 bits per heavy atom. The van der Waals surface area contributed by atoms with Gasteiger partial charge in [0.15, 0.2) is 0 Å². The summed E-state index contributed by atoms with van der Waals surface area (Å²) in [5.41, 5.74) is 8.18. The van der Waals surface area contributed by atoms with E-state index in [1.165, 1.54) is 33.4 Å². The maximum atomic E-state index is 6.23. The molecule has 0 fully saturated rings. The van der Waals surface area contributed by atoms with Crippen LogP contribution in [0.2, 0.25) is 0 Å². The number of benzene rings is 3. The summed E-state index contributed by atoms with van der Waals surface area (Å²) in [5, 5.41) is 0. The maximum Gasteiger partial charge on any atom is 0.145 e. The largest absolute Gasteiger partial charge is 0.427 e. The summed E-state index contributed by atoms with van der Waals surface area (Å²) in [6.07, 6.45) is 14.3. The normalized spacial score (nSPS) is 23.4. The molecule has 0 aromatic heterocycles. The van der Waals surface area contributed by atoms with Gasteiger partial charge in [0.2, 0.25) is 0 Å². The predicted octanol–water partition coefficient (Wildman–Crippen LogP) is 5.05. The second-order valence-corrected chi connectivity index (χ2v) is 9.52. The molecule has 0 aliphatic heterocycles. The van der Waals surface area contributed by atoms with Crippen LogP contribution < -0.4 is 0 Å². The molecule has 3 aromatic carbocycles. The minimum atomic E-state index is -0.128. The van der Waals surface area contributed by atoms with Crippen molar-refractivity contribution in [3.63, 3.8) is 0 Å². The van der Waals surface area contributed by atoms with Gasteiger partial charge in [0, 0.05) is 29.8 Å². The third kappa shape index (κ3) is 3.20. The molecule has 0 N–H and O–H groups in total. The zero-order chi connectivity index (χ0) is 20.8. The Morgan fingerprint density at radius 1 is 0.594 bits per heavy atom. The molecule has 0 bridgehead atoms. The van der Waals surface area contributed by atoms with Crippen LogP contribution in [0, 0.1) is 5.41 Å². The fourth-order valence-electron chi connectivity index (χ4n) is 6.25. The van der Waals surface area contributed by atoms with E-state index < -0.39 is 0 Å². The Kier molecular flexibility index (Phi) is 6.00. The SMILES string of the molecule is [NaH].[SiH3]OCC(C1C=Cc2ccccc21)(C1C=Cc2ccccc21)C1C=Cc2ccccc21. The fourth-order valence-corrected chi connectivity index (χ4v) is 6.75. The molecular formula is C29H27NaOSi. The Balaban J connectivity index is 0.00000216.